The van der Waals surface area contributed by atoms with Crippen molar-refractivity contribution in [2.24, 2.45) is 16.9 Å². The highest BCUT2D eigenvalue weighted by molar-refractivity contribution is 5.90. The number of nitrogens with zero attached hydrogens (tertiary/aromatic N) is 3. The minimum Gasteiger partial charge on any atom is -0.273 e. The van der Waals surface area contributed by atoms with E-state index in [-0.39, 0.29) is 11.8 Å². The Morgan fingerprint density at radius 2 is 1.51 bits per heavy atom. The third kappa shape index (κ3) is 6.91. The zero-order valence-corrected chi connectivity index (χ0v) is 22.8. The molecule has 4 aromatic rings. The van der Waals surface area contributed by atoms with Crippen molar-refractivity contribution in [1.29, 1.82) is 0 Å². The minimum absolute atomic E-state index is 0.0301. The zero-order chi connectivity index (χ0) is 26.9. The maximum atomic E-state index is 12.9. The molecule has 1 aromatic heterocycles. The number of rotatable bonds is 10. The van der Waals surface area contributed by atoms with E-state index in [0.29, 0.717) is 0 Å². The molecule has 39 heavy (non-hydrogen) atoms. The van der Waals surface area contributed by atoms with E-state index in [4.69, 9.17) is 5.10 Å². The van der Waals surface area contributed by atoms with Crippen molar-refractivity contribution in [3.63, 3.8) is 0 Å². The Labute approximate surface area is 232 Å². The molecule has 5 nitrogen and oxygen atoms in total. The van der Waals surface area contributed by atoms with Gasteiger partial charge in [-0.05, 0) is 54.9 Å². The van der Waals surface area contributed by atoms with Crippen LogP contribution in [-0.4, -0.2) is 21.9 Å². The smallest absolute Gasteiger partial charge is 0.243 e. The van der Waals surface area contributed by atoms with Crippen LogP contribution in [0.5, 0.6) is 0 Å². The van der Waals surface area contributed by atoms with Crippen LogP contribution in [0.2, 0.25) is 0 Å². The second-order valence-electron chi connectivity index (χ2n) is 10.6. The molecule has 1 aliphatic rings. The molecule has 0 unspecified atom stereocenters. The molecule has 0 bridgehead atoms. The summed E-state index contributed by atoms with van der Waals surface area (Å²) in [6.07, 6.45) is 13.1. The molecule has 5 rings (SSSR count). The number of hydrogen-bond acceptors (Lipinski definition) is 3. The summed E-state index contributed by atoms with van der Waals surface area (Å²) in [5.41, 5.74) is 8.80. The lowest BCUT2D eigenvalue weighted by atomic mass is 9.79. The number of carbonyl (C=O) groups excluding carboxylic acids is 1. The fourth-order valence-corrected chi connectivity index (χ4v) is 5.52. The van der Waals surface area contributed by atoms with Gasteiger partial charge in [0.05, 0.1) is 11.9 Å². The van der Waals surface area contributed by atoms with Gasteiger partial charge in [0.1, 0.15) is 5.69 Å². The van der Waals surface area contributed by atoms with Crippen molar-refractivity contribution in [3.05, 3.63) is 96.7 Å². The summed E-state index contributed by atoms with van der Waals surface area (Å²) in [6, 6.07) is 28.8. The molecule has 0 aliphatic heterocycles. The van der Waals surface area contributed by atoms with Gasteiger partial charge in [-0.15, -0.1) is 0 Å². The van der Waals surface area contributed by atoms with E-state index in [2.05, 4.69) is 53.8 Å². The van der Waals surface area contributed by atoms with Crippen LogP contribution in [0, 0.1) is 11.8 Å². The van der Waals surface area contributed by atoms with Crippen molar-refractivity contribution in [1.82, 2.24) is 15.2 Å². The average molecular weight is 519 g/mol. The molecular formula is C34H38N4O. The molecule has 200 valence electrons. The monoisotopic (exact) mass is 518 g/mol. The van der Waals surface area contributed by atoms with Gasteiger partial charge in [-0.1, -0.05) is 105 Å². The number of benzene rings is 3. The Hall–Kier alpha value is -3.99. The minimum atomic E-state index is 0.0301. The Kier molecular flexibility index (Phi) is 9.00. The van der Waals surface area contributed by atoms with Crippen LogP contribution in [-0.2, 0) is 4.79 Å². The van der Waals surface area contributed by atoms with E-state index in [1.807, 2.05) is 59.4 Å². The molecule has 0 radical (unpaired) electrons. The molecule has 0 saturated heterocycles. The summed E-state index contributed by atoms with van der Waals surface area (Å²) < 4.78 is 1.86. The number of para-hydroxylation sites is 1. The Morgan fingerprint density at radius 3 is 2.21 bits per heavy atom. The van der Waals surface area contributed by atoms with Gasteiger partial charge in [0, 0.05) is 23.2 Å². The van der Waals surface area contributed by atoms with Gasteiger partial charge in [-0.2, -0.15) is 10.2 Å². The topological polar surface area (TPSA) is 59.3 Å². The molecule has 1 N–H and O–H groups in total. The molecule has 1 amide bonds. The van der Waals surface area contributed by atoms with Gasteiger partial charge in [-0.25, -0.2) is 10.1 Å². The highest BCUT2D eigenvalue weighted by Crippen LogP contribution is 2.32. The second kappa shape index (κ2) is 13.2. The van der Waals surface area contributed by atoms with Gasteiger partial charge in [-0.3, -0.25) is 4.79 Å². The van der Waals surface area contributed by atoms with E-state index >= 15 is 0 Å². The third-order valence-corrected chi connectivity index (χ3v) is 7.84. The SMILES string of the molecule is CCCCCC1CCC(C(=O)N/N=C\c2cn(-c3ccccc3)nc2-c2ccc(-c3ccccc3)cc2)CC1. The third-order valence-electron chi connectivity index (χ3n) is 7.84. The Morgan fingerprint density at radius 1 is 0.872 bits per heavy atom. The van der Waals surface area contributed by atoms with E-state index in [9.17, 15) is 4.79 Å². The van der Waals surface area contributed by atoms with E-state index in [1.165, 1.54) is 31.2 Å². The van der Waals surface area contributed by atoms with Crippen molar-refractivity contribution in [2.75, 3.05) is 0 Å². The van der Waals surface area contributed by atoms with Crippen molar-refractivity contribution >= 4 is 12.1 Å². The first-order valence-electron chi connectivity index (χ1n) is 14.3. The number of carbonyl (C=O) groups is 1. The van der Waals surface area contributed by atoms with Crippen molar-refractivity contribution in [3.8, 4) is 28.1 Å². The van der Waals surface area contributed by atoms with Crippen LogP contribution in [0.25, 0.3) is 28.1 Å². The lowest BCUT2D eigenvalue weighted by molar-refractivity contribution is -0.126. The van der Waals surface area contributed by atoms with Gasteiger partial charge < -0.3 is 0 Å². The van der Waals surface area contributed by atoms with Crippen LogP contribution in [0.4, 0.5) is 0 Å². The average Bonchev–Trinajstić information content (AvgIpc) is 3.43. The van der Waals surface area contributed by atoms with Crippen LogP contribution in [0.15, 0.2) is 96.2 Å². The molecule has 3 aromatic carbocycles. The Bertz CT molecular complexity index is 1350. The molecule has 5 heteroatoms. The quantitative estimate of drug-likeness (QED) is 0.131. The fourth-order valence-electron chi connectivity index (χ4n) is 5.52. The number of aromatic nitrogens is 2. The molecular weight excluding hydrogens is 480 g/mol. The van der Waals surface area contributed by atoms with Crippen molar-refractivity contribution < 1.29 is 4.79 Å². The van der Waals surface area contributed by atoms with Gasteiger partial charge in [0.25, 0.3) is 0 Å². The number of nitrogens with one attached hydrogen (secondary N) is 1. The molecule has 1 saturated carbocycles. The summed E-state index contributed by atoms with van der Waals surface area (Å²) in [5.74, 6) is 0.868. The Balaban J connectivity index is 1.29. The molecule has 0 atom stereocenters. The van der Waals surface area contributed by atoms with E-state index in [0.717, 1.165) is 59.7 Å². The standard InChI is InChI=1S/C34H38N4O/c1-2-3-6-11-26-16-18-30(19-17-26)34(39)36-35-24-31-25-38(32-14-9-5-10-15-32)37-33(31)29-22-20-28(21-23-29)27-12-7-4-8-13-27/h4-5,7-10,12-15,20-26,30H,2-3,6,11,16-19H2,1H3,(H,36,39)/b35-24-. The van der Waals surface area contributed by atoms with Crippen LogP contribution < -0.4 is 5.43 Å². The zero-order valence-electron chi connectivity index (χ0n) is 22.8. The predicted molar refractivity (Wildman–Crippen MR) is 160 cm³/mol. The highest BCUT2D eigenvalue weighted by Gasteiger charge is 2.25. The molecule has 0 spiro atoms. The summed E-state index contributed by atoms with van der Waals surface area (Å²) >= 11 is 0. The normalized spacial score (nSPS) is 17.4. The lowest BCUT2D eigenvalue weighted by Crippen LogP contribution is -2.30. The van der Waals surface area contributed by atoms with Crippen molar-refractivity contribution in [2.45, 2.75) is 58.3 Å². The summed E-state index contributed by atoms with van der Waals surface area (Å²) in [5, 5.41) is 9.27. The van der Waals surface area contributed by atoms with Crippen LogP contribution in [0.1, 0.15) is 63.9 Å². The van der Waals surface area contributed by atoms with Crippen LogP contribution in [0.3, 0.4) is 0 Å². The predicted octanol–water partition coefficient (Wildman–Crippen LogP) is 8.04. The van der Waals surface area contributed by atoms with Gasteiger partial charge >= 0.3 is 0 Å². The summed E-state index contributed by atoms with van der Waals surface area (Å²) in [4.78, 5) is 12.9. The number of hydrazone groups is 1. The van der Waals surface area contributed by atoms with Crippen LogP contribution >= 0.6 is 0 Å². The lowest BCUT2D eigenvalue weighted by Gasteiger charge is -2.27. The van der Waals surface area contributed by atoms with Gasteiger partial charge in [0.15, 0.2) is 0 Å². The molecule has 1 fully saturated rings. The maximum absolute atomic E-state index is 12.9. The fraction of sp³-hybridized carbons (Fsp3) is 0.324. The number of amides is 1. The summed E-state index contributed by atoms with van der Waals surface area (Å²) in [7, 11) is 0. The molecule has 1 heterocycles. The van der Waals surface area contributed by atoms with E-state index < -0.39 is 0 Å². The summed E-state index contributed by atoms with van der Waals surface area (Å²) in [6.45, 7) is 2.25. The number of hydrogen-bond donors (Lipinski definition) is 1. The van der Waals surface area contributed by atoms with E-state index in [1.54, 1.807) is 6.21 Å². The maximum Gasteiger partial charge on any atom is 0.243 e. The highest BCUT2D eigenvalue weighted by atomic mass is 16.2. The first-order valence-corrected chi connectivity index (χ1v) is 14.3. The number of unbranched alkanes of at least 4 members (excludes halogenated alkanes) is 2. The second-order valence-corrected chi connectivity index (χ2v) is 10.6. The molecule has 1 aliphatic carbocycles. The van der Waals surface area contributed by atoms with Gasteiger partial charge in [0.2, 0.25) is 5.91 Å². The largest absolute Gasteiger partial charge is 0.273 e. The first-order chi connectivity index (χ1) is 19.2. The first kappa shape index (κ1) is 26.6.